The van der Waals surface area contributed by atoms with Crippen molar-refractivity contribution in [3.63, 3.8) is 0 Å². The number of carbonyl (C=O) groups is 2. The van der Waals surface area contributed by atoms with Crippen LogP contribution < -0.4 is 10.7 Å². The summed E-state index contributed by atoms with van der Waals surface area (Å²) in [5.74, 6) is -0.642. The van der Waals surface area contributed by atoms with Crippen molar-refractivity contribution < 1.29 is 9.59 Å². The van der Waals surface area contributed by atoms with Crippen molar-refractivity contribution >= 4 is 39.6 Å². The van der Waals surface area contributed by atoms with Gasteiger partial charge in [-0.1, -0.05) is 34.1 Å². The van der Waals surface area contributed by atoms with Crippen molar-refractivity contribution in [2.75, 3.05) is 5.32 Å². The van der Waals surface area contributed by atoms with Gasteiger partial charge in [0.05, 0.1) is 6.21 Å². The van der Waals surface area contributed by atoms with Gasteiger partial charge in [-0.15, -0.1) is 0 Å². The van der Waals surface area contributed by atoms with Crippen LogP contribution in [0, 0.1) is 0 Å². The predicted molar refractivity (Wildman–Crippen MR) is 108 cm³/mol. The third-order valence-electron chi connectivity index (χ3n) is 3.53. The molecule has 7 heteroatoms. The van der Waals surface area contributed by atoms with E-state index in [0.29, 0.717) is 16.8 Å². The number of nitrogens with zero attached hydrogens (tertiary/aromatic N) is 2. The summed E-state index contributed by atoms with van der Waals surface area (Å²) in [6.07, 6.45) is 4.79. The zero-order chi connectivity index (χ0) is 19.1. The first-order valence-electron chi connectivity index (χ1n) is 8.02. The van der Waals surface area contributed by atoms with Crippen molar-refractivity contribution in [3.05, 3.63) is 94.2 Å². The summed E-state index contributed by atoms with van der Waals surface area (Å²) < 4.78 is 0.815. The number of pyridine rings is 1. The van der Waals surface area contributed by atoms with Crippen molar-refractivity contribution in [3.8, 4) is 0 Å². The highest BCUT2D eigenvalue weighted by atomic mass is 79.9. The Kier molecular flexibility index (Phi) is 6.06. The van der Waals surface area contributed by atoms with Crippen molar-refractivity contribution in [2.24, 2.45) is 5.10 Å². The molecule has 0 atom stereocenters. The molecule has 134 valence electrons. The lowest BCUT2D eigenvalue weighted by Gasteiger charge is -2.07. The molecule has 0 aliphatic heterocycles. The standard InChI is InChI=1S/C20H15BrN4O2/c21-17-7-1-5-15(10-17)19(26)24-18-8-2-6-16(11-18)20(27)25-23-13-14-4-3-9-22-12-14/h1-13H,(H,24,26)(H,25,27)/b23-13-. The number of amides is 2. The quantitative estimate of drug-likeness (QED) is 0.483. The molecule has 0 radical (unpaired) electrons. The van der Waals surface area contributed by atoms with Crippen LogP contribution in [0.3, 0.4) is 0 Å². The van der Waals surface area contributed by atoms with Crippen LogP contribution in [0.2, 0.25) is 0 Å². The van der Waals surface area contributed by atoms with E-state index in [4.69, 9.17) is 0 Å². The highest BCUT2D eigenvalue weighted by Crippen LogP contribution is 2.15. The third kappa shape index (κ3) is 5.32. The first-order chi connectivity index (χ1) is 13.1. The largest absolute Gasteiger partial charge is 0.322 e. The smallest absolute Gasteiger partial charge is 0.271 e. The van der Waals surface area contributed by atoms with Gasteiger partial charge in [0, 0.05) is 39.2 Å². The molecule has 0 saturated heterocycles. The molecule has 1 aromatic heterocycles. The van der Waals surface area contributed by atoms with Crippen LogP contribution in [0.4, 0.5) is 5.69 Å². The molecule has 0 unspecified atom stereocenters. The lowest BCUT2D eigenvalue weighted by atomic mass is 10.1. The Morgan fingerprint density at radius 3 is 2.48 bits per heavy atom. The molecule has 0 bridgehead atoms. The first-order valence-corrected chi connectivity index (χ1v) is 8.81. The average Bonchev–Trinajstić information content (AvgIpc) is 2.69. The minimum Gasteiger partial charge on any atom is -0.322 e. The highest BCUT2D eigenvalue weighted by molar-refractivity contribution is 9.10. The molecule has 0 fully saturated rings. The number of halogens is 1. The van der Waals surface area contributed by atoms with Gasteiger partial charge < -0.3 is 5.32 Å². The number of rotatable bonds is 5. The number of hydrogen-bond acceptors (Lipinski definition) is 4. The molecule has 0 aliphatic rings. The topological polar surface area (TPSA) is 83.4 Å². The van der Waals surface area contributed by atoms with Gasteiger partial charge in [0.25, 0.3) is 11.8 Å². The molecule has 2 amide bonds. The predicted octanol–water partition coefficient (Wildman–Crippen LogP) is 3.86. The number of anilines is 1. The van der Waals surface area contributed by atoms with E-state index in [9.17, 15) is 9.59 Å². The Labute approximate surface area is 164 Å². The first kappa shape index (κ1) is 18.5. The summed E-state index contributed by atoms with van der Waals surface area (Å²) in [5, 5.41) is 6.68. The minimum absolute atomic E-state index is 0.261. The lowest BCUT2D eigenvalue weighted by Crippen LogP contribution is -2.18. The molecule has 2 N–H and O–H groups in total. The monoisotopic (exact) mass is 422 g/mol. The van der Waals surface area contributed by atoms with E-state index in [-0.39, 0.29) is 11.8 Å². The molecule has 3 rings (SSSR count). The van der Waals surface area contributed by atoms with Gasteiger partial charge in [-0.2, -0.15) is 5.10 Å². The van der Waals surface area contributed by atoms with Gasteiger partial charge in [-0.25, -0.2) is 5.43 Å². The maximum Gasteiger partial charge on any atom is 0.271 e. The van der Waals surface area contributed by atoms with Crippen LogP contribution in [0.15, 0.2) is 82.6 Å². The van der Waals surface area contributed by atoms with Crippen LogP contribution >= 0.6 is 15.9 Å². The van der Waals surface area contributed by atoms with Crippen LogP contribution in [0.1, 0.15) is 26.3 Å². The van der Waals surface area contributed by atoms with Crippen molar-refractivity contribution in [2.45, 2.75) is 0 Å². The zero-order valence-corrected chi connectivity index (χ0v) is 15.7. The molecule has 3 aromatic rings. The van der Waals surface area contributed by atoms with E-state index in [1.165, 1.54) is 6.21 Å². The number of carbonyl (C=O) groups excluding carboxylic acids is 2. The van der Waals surface area contributed by atoms with E-state index in [0.717, 1.165) is 10.0 Å². The Bertz CT molecular complexity index is 990. The van der Waals surface area contributed by atoms with Crippen molar-refractivity contribution in [1.29, 1.82) is 0 Å². The fourth-order valence-corrected chi connectivity index (χ4v) is 2.65. The summed E-state index contributed by atoms with van der Waals surface area (Å²) >= 11 is 3.34. The molecule has 0 spiro atoms. The molecular weight excluding hydrogens is 408 g/mol. The van der Waals surface area contributed by atoms with Gasteiger partial charge in [0.1, 0.15) is 0 Å². The fraction of sp³-hybridized carbons (Fsp3) is 0. The maximum absolute atomic E-state index is 12.3. The molecule has 0 aliphatic carbocycles. The SMILES string of the molecule is O=C(N/N=C\c1cccnc1)c1cccc(NC(=O)c2cccc(Br)c2)c1. The highest BCUT2D eigenvalue weighted by Gasteiger charge is 2.09. The Balaban J connectivity index is 1.65. The van der Waals surface area contributed by atoms with E-state index in [1.54, 1.807) is 60.9 Å². The van der Waals surface area contributed by atoms with Crippen LogP contribution in [0.25, 0.3) is 0 Å². The second kappa shape index (κ2) is 8.86. The van der Waals surface area contributed by atoms with Crippen LogP contribution in [0.5, 0.6) is 0 Å². The molecule has 1 heterocycles. The maximum atomic E-state index is 12.3. The summed E-state index contributed by atoms with van der Waals surface area (Å²) in [6, 6.07) is 17.3. The fourth-order valence-electron chi connectivity index (χ4n) is 2.25. The van der Waals surface area contributed by atoms with Gasteiger partial charge >= 0.3 is 0 Å². The Morgan fingerprint density at radius 2 is 1.74 bits per heavy atom. The number of benzene rings is 2. The number of hydrazone groups is 1. The van der Waals surface area contributed by atoms with Crippen molar-refractivity contribution in [1.82, 2.24) is 10.4 Å². The van der Waals surface area contributed by atoms with Crippen LogP contribution in [-0.2, 0) is 0 Å². The summed E-state index contributed by atoms with van der Waals surface area (Å²) in [5.41, 5.74) is 4.63. The summed E-state index contributed by atoms with van der Waals surface area (Å²) in [6.45, 7) is 0. The van der Waals surface area contributed by atoms with Gasteiger partial charge in [-0.3, -0.25) is 14.6 Å². The molecule has 2 aromatic carbocycles. The second-order valence-corrected chi connectivity index (χ2v) is 6.45. The van der Waals surface area contributed by atoms with E-state index < -0.39 is 0 Å². The second-order valence-electron chi connectivity index (χ2n) is 5.53. The van der Waals surface area contributed by atoms with Gasteiger partial charge in [-0.05, 0) is 42.5 Å². The summed E-state index contributed by atoms with van der Waals surface area (Å²) in [4.78, 5) is 28.5. The molecule has 0 saturated carbocycles. The molecule has 27 heavy (non-hydrogen) atoms. The lowest BCUT2D eigenvalue weighted by molar-refractivity contribution is 0.0953. The average molecular weight is 423 g/mol. The molecular formula is C20H15BrN4O2. The van der Waals surface area contributed by atoms with Crippen LogP contribution in [-0.4, -0.2) is 23.0 Å². The van der Waals surface area contributed by atoms with Gasteiger partial charge in [0.2, 0.25) is 0 Å². The molecule has 6 nitrogen and oxygen atoms in total. The summed E-state index contributed by atoms with van der Waals surface area (Å²) in [7, 11) is 0. The Morgan fingerprint density at radius 1 is 0.963 bits per heavy atom. The number of nitrogens with one attached hydrogen (secondary N) is 2. The number of hydrogen-bond donors (Lipinski definition) is 2. The van der Waals surface area contributed by atoms with E-state index in [2.05, 4.69) is 36.8 Å². The number of aromatic nitrogens is 1. The van der Waals surface area contributed by atoms with Gasteiger partial charge in [0.15, 0.2) is 0 Å². The Hall–Kier alpha value is -3.32. The zero-order valence-electron chi connectivity index (χ0n) is 14.1. The third-order valence-corrected chi connectivity index (χ3v) is 4.03. The minimum atomic E-state index is -0.381. The van der Waals surface area contributed by atoms with E-state index in [1.807, 2.05) is 12.1 Å². The normalized spacial score (nSPS) is 10.6. The van der Waals surface area contributed by atoms with E-state index >= 15 is 0 Å².